The van der Waals surface area contributed by atoms with Crippen LogP contribution in [0.25, 0.3) is 67.1 Å². The number of aromatic nitrogens is 3. The van der Waals surface area contributed by atoms with Gasteiger partial charge >= 0.3 is 0 Å². The summed E-state index contributed by atoms with van der Waals surface area (Å²) >= 11 is 0. The van der Waals surface area contributed by atoms with E-state index in [9.17, 15) is 10.4 Å². The number of fused-ring (bicyclic) bond motifs is 1. The number of benzene rings is 5. The van der Waals surface area contributed by atoms with Crippen LogP contribution in [0, 0.1) is 11.3 Å². The van der Waals surface area contributed by atoms with Crippen molar-refractivity contribution in [2.75, 3.05) is 0 Å². The molecule has 7 aromatic rings. The Morgan fingerprint density at radius 1 is 0.620 bits per heavy atom. The van der Waals surface area contributed by atoms with Gasteiger partial charge in [0, 0.05) is 28.5 Å². The number of nitrogens with zero attached hydrogens (tertiary/aromatic N) is 3. The maximum Gasteiger partial charge on any atom is 0.142 e. The number of para-hydroxylation sites is 1. The van der Waals surface area contributed by atoms with Gasteiger partial charge in [-0.2, -0.15) is 5.26 Å². The molecule has 0 amide bonds. The number of hydrogen-bond acceptors (Lipinski definition) is 4. The van der Waals surface area contributed by atoms with E-state index in [4.69, 9.17) is 9.97 Å². The summed E-state index contributed by atoms with van der Waals surface area (Å²) in [4.78, 5) is 13.4. The Kier molecular flexibility index (Phi) is 8.12. The van der Waals surface area contributed by atoms with E-state index < -0.39 is 0 Å². The monoisotopic (exact) mass is 652 g/mol. The Balaban J connectivity index is 1.43. The topological polar surface area (TPSA) is 85.6 Å². The third kappa shape index (κ3) is 6.17. The smallest absolute Gasteiger partial charge is 0.142 e. The normalized spacial score (nSPS) is 11.9. The summed E-state index contributed by atoms with van der Waals surface area (Å²) in [6.07, 6.45) is 1.67. The molecule has 50 heavy (non-hydrogen) atoms. The first kappa shape index (κ1) is 32.6. The minimum Gasteiger partial charge on any atom is -0.507 e. The first-order chi connectivity index (χ1) is 23.9. The van der Waals surface area contributed by atoms with E-state index in [0.29, 0.717) is 17.0 Å². The fourth-order valence-electron chi connectivity index (χ4n) is 6.51. The Bertz CT molecular complexity index is 2400. The largest absolute Gasteiger partial charge is 0.507 e. The molecule has 5 aromatic carbocycles. The molecule has 0 fully saturated rings. The highest BCUT2D eigenvalue weighted by Crippen LogP contribution is 2.43. The first-order valence-corrected chi connectivity index (χ1v) is 16.9. The Morgan fingerprint density at radius 3 is 1.94 bits per heavy atom. The number of aromatic hydroxyl groups is 1. The molecule has 0 aliphatic heterocycles. The molecule has 0 unspecified atom stereocenters. The van der Waals surface area contributed by atoms with Gasteiger partial charge < -0.3 is 10.1 Å². The fourth-order valence-corrected chi connectivity index (χ4v) is 6.51. The molecule has 2 aromatic heterocycles. The van der Waals surface area contributed by atoms with Crippen LogP contribution in [-0.2, 0) is 10.8 Å². The molecule has 0 atom stereocenters. The maximum atomic E-state index is 11.7. The molecular formula is C45H40N4O. The number of phenols is 1. The molecule has 0 spiro atoms. The first-order valence-electron chi connectivity index (χ1n) is 16.9. The predicted molar refractivity (Wildman–Crippen MR) is 205 cm³/mol. The zero-order valence-corrected chi connectivity index (χ0v) is 29.3. The lowest BCUT2D eigenvalue weighted by molar-refractivity contribution is 0.446. The van der Waals surface area contributed by atoms with Crippen LogP contribution in [-0.4, -0.2) is 20.1 Å². The van der Waals surface area contributed by atoms with Crippen molar-refractivity contribution in [1.82, 2.24) is 15.0 Å². The lowest BCUT2D eigenvalue weighted by Crippen LogP contribution is -2.17. The number of nitriles is 1. The van der Waals surface area contributed by atoms with E-state index in [0.717, 1.165) is 66.8 Å². The van der Waals surface area contributed by atoms with Crippen LogP contribution in [0.3, 0.4) is 0 Å². The zero-order chi connectivity index (χ0) is 35.2. The standard InChI is InChI=1S/C45H40N4O/c1-44(2,3)34-23-37(42(50)38(24-34)45(4,5)6)43-48-39-19-13-18-35(41(39)49-43)31-20-30(28-14-9-7-10-15-28)21-32(22-31)40-25-36(33(26-46)27-47-40)29-16-11-8-12-17-29/h7-25,27,50H,1-6H3,(H,48,49). The summed E-state index contributed by atoms with van der Waals surface area (Å²) in [5.41, 5.74) is 12.2. The molecule has 0 aliphatic carbocycles. The molecule has 5 heteroatoms. The summed E-state index contributed by atoms with van der Waals surface area (Å²) in [5, 5.41) is 21.6. The van der Waals surface area contributed by atoms with Crippen molar-refractivity contribution in [3.63, 3.8) is 0 Å². The lowest BCUT2D eigenvalue weighted by atomic mass is 9.79. The quantitative estimate of drug-likeness (QED) is 0.194. The van der Waals surface area contributed by atoms with Gasteiger partial charge in [0.2, 0.25) is 0 Å². The molecule has 0 saturated heterocycles. The van der Waals surface area contributed by atoms with E-state index in [1.807, 2.05) is 66.7 Å². The predicted octanol–water partition coefficient (Wildman–Crippen LogP) is 11.5. The van der Waals surface area contributed by atoms with E-state index in [1.165, 1.54) is 0 Å². The molecule has 0 saturated carbocycles. The average molecular weight is 653 g/mol. The van der Waals surface area contributed by atoms with Crippen LogP contribution in [0.2, 0.25) is 0 Å². The van der Waals surface area contributed by atoms with Gasteiger partial charge in [0.1, 0.15) is 17.6 Å². The molecule has 0 radical (unpaired) electrons. The SMILES string of the molecule is CC(C)(C)c1cc(-c2nc3cccc(-c4cc(-c5ccccc5)cc(-c5cc(-c6ccccc6)c(C#N)cn5)c4)c3[nH]2)c(O)c(C(C)(C)C)c1. The van der Waals surface area contributed by atoms with Crippen LogP contribution in [0.15, 0.2) is 121 Å². The summed E-state index contributed by atoms with van der Waals surface area (Å²) in [7, 11) is 0. The van der Waals surface area contributed by atoms with Crippen LogP contribution < -0.4 is 0 Å². The number of imidazole rings is 1. The van der Waals surface area contributed by atoms with E-state index in [1.54, 1.807) is 6.20 Å². The van der Waals surface area contributed by atoms with Crippen molar-refractivity contribution in [3.05, 3.63) is 138 Å². The molecule has 0 bridgehead atoms. The summed E-state index contributed by atoms with van der Waals surface area (Å²) in [5.74, 6) is 0.878. The van der Waals surface area contributed by atoms with Crippen LogP contribution in [0.4, 0.5) is 0 Å². The van der Waals surface area contributed by atoms with Crippen molar-refractivity contribution in [2.24, 2.45) is 0 Å². The number of pyridine rings is 1. The number of rotatable bonds is 5. The van der Waals surface area contributed by atoms with Gasteiger partial charge in [-0.1, -0.05) is 120 Å². The van der Waals surface area contributed by atoms with E-state index >= 15 is 0 Å². The van der Waals surface area contributed by atoms with Crippen molar-refractivity contribution in [2.45, 2.75) is 52.4 Å². The van der Waals surface area contributed by atoms with Gasteiger partial charge in [-0.25, -0.2) is 4.98 Å². The third-order valence-corrected chi connectivity index (χ3v) is 9.31. The maximum absolute atomic E-state index is 11.7. The van der Waals surface area contributed by atoms with Gasteiger partial charge in [-0.3, -0.25) is 4.98 Å². The minimum absolute atomic E-state index is 0.117. The third-order valence-electron chi connectivity index (χ3n) is 9.31. The molecular weight excluding hydrogens is 613 g/mol. The molecule has 2 heterocycles. The van der Waals surface area contributed by atoms with Gasteiger partial charge in [-0.05, 0) is 75.0 Å². The Morgan fingerprint density at radius 2 is 1.28 bits per heavy atom. The second-order valence-electron chi connectivity index (χ2n) is 15.0. The van der Waals surface area contributed by atoms with Crippen LogP contribution in [0.5, 0.6) is 5.75 Å². The summed E-state index contributed by atoms with van der Waals surface area (Å²) in [6.45, 7) is 12.9. The van der Waals surface area contributed by atoms with Crippen molar-refractivity contribution < 1.29 is 5.11 Å². The molecule has 246 valence electrons. The average Bonchev–Trinajstić information content (AvgIpc) is 3.55. The lowest BCUT2D eigenvalue weighted by Gasteiger charge is -2.27. The number of hydrogen-bond donors (Lipinski definition) is 2. The highest BCUT2D eigenvalue weighted by molar-refractivity contribution is 5.96. The second-order valence-corrected chi connectivity index (χ2v) is 15.0. The number of phenolic OH excluding ortho intramolecular Hbond substituents is 1. The van der Waals surface area contributed by atoms with Crippen molar-refractivity contribution in [3.8, 4) is 67.8 Å². The molecule has 0 aliphatic rings. The number of aromatic amines is 1. The highest BCUT2D eigenvalue weighted by atomic mass is 16.3. The van der Waals surface area contributed by atoms with Gasteiger partial charge in [-0.15, -0.1) is 0 Å². The van der Waals surface area contributed by atoms with Crippen molar-refractivity contribution >= 4 is 11.0 Å². The second kappa shape index (κ2) is 12.5. The molecule has 7 rings (SSSR count). The van der Waals surface area contributed by atoms with Crippen LogP contribution >= 0.6 is 0 Å². The van der Waals surface area contributed by atoms with Gasteiger partial charge in [0.05, 0.1) is 27.9 Å². The molecule has 2 N–H and O–H groups in total. The van der Waals surface area contributed by atoms with Crippen LogP contribution in [0.1, 0.15) is 58.2 Å². The minimum atomic E-state index is -0.259. The Hall–Kier alpha value is -5.99. The zero-order valence-electron chi connectivity index (χ0n) is 29.3. The number of H-pyrrole nitrogens is 1. The summed E-state index contributed by atoms with van der Waals surface area (Å²) in [6, 6.07) is 41.4. The van der Waals surface area contributed by atoms with Gasteiger partial charge in [0.25, 0.3) is 0 Å². The Labute approximate surface area is 294 Å². The molecule has 5 nitrogen and oxygen atoms in total. The van der Waals surface area contributed by atoms with Crippen molar-refractivity contribution in [1.29, 1.82) is 5.26 Å². The highest BCUT2D eigenvalue weighted by Gasteiger charge is 2.27. The van der Waals surface area contributed by atoms with E-state index in [2.05, 4.69) is 101 Å². The summed E-state index contributed by atoms with van der Waals surface area (Å²) < 4.78 is 0. The fraction of sp³-hybridized carbons (Fsp3) is 0.178. The van der Waals surface area contributed by atoms with E-state index in [-0.39, 0.29) is 16.6 Å². The number of nitrogens with one attached hydrogen (secondary N) is 1. The van der Waals surface area contributed by atoms with Gasteiger partial charge in [0.15, 0.2) is 0 Å².